The zero-order chi connectivity index (χ0) is 33.7. The summed E-state index contributed by atoms with van der Waals surface area (Å²) >= 11 is 0. The number of aromatic nitrogens is 1. The van der Waals surface area contributed by atoms with Gasteiger partial charge in [0.2, 0.25) is 0 Å². The molecule has 1 aliphatic heterocycles. The smallest absolute Gasteiger partial charge is 0.131 e. The normalized spacial score (nSPS) is 16.0. The summed E-state index contributed by atoms with van der Waals surface area (Å²) in [5.74, 6) is 0.866. The molecule has 1 aliphatic rings. The molecule has 10 rings (SSSR count). The first-order valence-electron chi connectivity index (χ1n) is 17.5. The van der Waals surface area contributed by atoms with Gasteiger partial charge in [-0.05, 0) is 80.2 Å². The highest BCUT2D eigenvalue weighted by Gasteiger charge is 2.27. The minimum Gasteiger partial charge on any atom is -0.350 e. The lowest BCUT2D eigenvalue weighted by Gasteiger charge is -2.33. The van der Waals surface area contributed by atoms with E-state index in [9.17, 15) is 0 Å². The van der Waals surface area contributed by atoms with Gasteiger partial charge < -0.3 is 9.88 Å². The van der Waals surface area contributed by atoms with Crippen molar-refractivity contribution in [2.75, 3.05) is 0 Å². The first kappa shape index (κ1) is 29.4. The summed E-state index contributed by atoms with van der Waals surface area (Å²) in [6.45, 7) is 0. The second-order valence-electron chi connectivity index (χ2n) is 13.3. The first-order chi connectivity index (χ1) is 25.3. The van der Waals surface area contributed by atoms with E-state index >= 15 is 0 Å². The van der Waals surface area contributed by atoms with Gasteiger partial charge in [-0.1, -0.05) is 146 Å². The number of aliphatic imine (C=N–C) groups is 1. The van der Waals surface area contributed by atoms with E-state index in [1.54, 1.807) is 0 Å². The van der Waals surface area contributed by atoms with E-state index in [4.69, 9.17) is 4.99 Å². The summed E-state index contributed by atoms with van der Waals surface area (Å²) in [6.07, 6.45) is -0.389. The largest absolute Gasteiger partial charge is 0.350 e. The van der Waals surface area contributed by atoms with E-state index < -0.39 is 0 Å². The van der Waals surface area contributed by atoms with Crippen molar-refractivity contribution in [1.82, 2.24) is 15.2 Å². The van der Waals surface area contributed by atoms with Gasteiger partial charge in [0.25, 0.3) is 0 Å². The molecule has 0 bridgehead atoms. The van der Waals surface area contributed by atoms with Crippen molar-refractivity contribution in [3.8, 4) is 16.8 Å². The third-order valence-corrected chi connectivity index (χ3v) is 10.2. The molecule has 4 heteroatoms. The third-order valence-electron chi connectivity index (χ3n) is 10.2. The monoisotopic (exact) mass is 654 g/mol. The van der Waals surface area contributed by atoms with Crippen LogP contribution in [0.2, 0.25) is 0 Å². The van der Waals surface area contributed by atoms with E-state index in [2.05, 4.69) is 197 Å². The van der Waals surface area contributed by atoms with Crippen molar-refractivity contribution in [2.45, 2.75) is 12.3 Å². The molecule has 242 valence electrons. The predicted octanol–water partition coefficient (Wildman–Crippen LogP) is 11.1. The lowest BCUT2D eigenvalue weighted by Crippen LogP contribution is -2.45. The van der Waals surface area contributed by atoms with Crippen LogP contribution in [0.3, 0.4) is 0 Å². The SMILES string of the molecule is c1ccc(C2N=C(c3cccc(-c4cccc(-n5c6ccccc6c6ccccc65)c4)c3)NC(c3cc4ccccc4c4ccccc34)N2)cc1. The van der Waals surface area contributed by atoms with Crippen LogP contribution in [0.25, 0.3) is 60.2 Å². The van der Waals surface area contributed by atoms with Crippen LogP contribution in [0, 0.1) is 0 Å². The van der Waals surface area contributed by atoms with Crippen molar-refractivity contribution in [2.24, 2.45) is 4.99 Å². The molecule has 2 N–H and O–H groups in total. The lowest BCUT2D eigenvalue weighted by atomic mass is 9.95. The van der Waals surface area contributed by atoms with Crippen LogP contribution < -0.4 is 10.6 Å². The molecule has 2 atom stereocenters. The topological polar surface area (TPSA) is 41.4 Å². The van der Waals surface area contributed by atoms with Crippen LogP contribution in [0.5, 0.6) is 0 Å². The molecule has 0 spiro atoms. The molecular formula is C47H34N4. The average molecular weight is 655 g/mol. The highest BCUT2D eigenvalue weighted by molar-refractivity contribution is 6.10. The summed E-state index contributed by atoms with van der Waals surface area (Å²) in [7, 11) is 0. The van der Waals surface area contributed by atoms with E-state index in [-0.39, 0.29) is 12.3 Å². The number of nitrogens with one attached hydrogen (secondary N) is 2. The molecule has 2 heterocycles. The van der Waals surface area contributed by atoms with Crippen LogP contribution in [0.15, 0.2) is 187 Å². The van der Waals surface area contributed by atoms with Gasteiger partial charge in [0, 0.05) is 22.0 Å². The minimum absolute atomic E-state index is 0.167. The second-order valence-corrected chi connectivity index (χ2v) is 13.3. The summed E-state index contributed by atoms with van der Waals surface area (Å²) in [5, 5.41) is 15.2. The average Bonchev–Trinajstić information content (AvgIpc) is 3.55. The van der Waals surface area contributed by atoms with Crippen LogP contribution in [0.1, 0.15) is 29.0 Å². The Labute approximate surface area is 296 Å². The number of hydrogen-bond acceptors (Lipinski definition) is 3. The van der Waals surface area contributed by atoms with Crippen LogP contribution in [0.4, 0.5) is 0 Å². The Morgan fingerprint density at radius 2 is 1.04 bits per heavy atom. The highest BCUT2D eigenvalue weighted by Crippen LogP contribution is 2.36. The number of benzene rings is 8. The molecule has 51 heavy (non-hydrogen) atoms. The zero-order valence-corrected chi connectivity index (χ0v) is 27.9. The molecule has 2 unspecified atom stereocenters. The van der Waals surface area contributed by atoms with Gasteiger partial charge in [-0.15, -0.1) is 0 Å². The quantitative estimate of drug-likeness (QED) is 0.181. The Morgan fingerprint density at radius 1 is 0.451 bits per heavy atom. The summed E-state index contributed by atoms with van der Waals surface area (Å²) in [5.41, 5.74) is 9.22. The third kappa shape index (κ3) is 5.08. The van der Waals surface area contributed by atoms with Crippen molar-refractivity contribution >= 4 is 49.2 Å². The van der Waals surface area contributed by atoms with Crippen LogP contribution >= 0.6 is 0 Å². The number of hydrogen-bond donors (Lipinski definition) is 2. The van der Waals surface area contributed by atoms with Crippen LogP contribution in [-0.4, -0.2) is 10.4 Å². The maximum absolute atomic E-state index is 5.29. The fraction of sp³-hybridized carbons (Fsp3) is 0.0426. The van der Waals surface area contributed by atoms with Crippen LogP contribution in [-0.2, 0) is 0 Å². The zero-order valence-electron chi connectivity index (χ0n) is 27.9. The van der Waals surface area contributed by atoms with Gasteiger partial charge in [0.05, 0.1) is 11.0 Å². The molecule has 0 aliphatic carbocycles. The van der Waals surface area contributed by atoms with Gasteiger partial charge in [0.15, 0.2) is 0 Å². The summed E-state index contributed by atoms with van der Waals surface area (Å²) < 4.78 is 2.37. The van der Waals surface area contributed by atoms with Gasteiger partial charge in [-0.2, -0.15) is 0 Å². The Kier molecular flexibility index (Phi) is 7.00. The number of amidine groups is 1. The Hall–Kier alpha value is -6.49. The standard InChI is InChI=1S/C47H34N4/c1-2-14-31(15-3-1)45-48-46(50-47(49-45)42-30-34-16-4-5-21-37(34)38-22-6-7-23-39(38)42)35-19-12-17-32(28-35)33-18-13-20-36(29-33)51-43-26-10-8-24-40(43)41-25-9-11-27-44(41)51/h1-30,45,47,49H,(H,48,50). The molecule has 4 nitrogen and oxygen atoms in total. The molecule has 0 radical (unpaired) electrons. The maximum Gasteiger partial charge on any atom is 0.131 e. The lowest BCUT2D eigenvalue weighted by molar-refractivity contribution is 0.411. The molecule has 0 amide bonds. The molecule has 9 aromatic rings. The first-order valence-corrected chi connectivity index (χ1v) is 17.5. The van der Waals surface area contributed by atoms with E-state index in [1.807, 2.05) is 0 Å². The van der Waals surface area contributed by atoms with Gasteiger partial charge in [-0.25, -0.2) is 4.99 Å². The number of nitrogens with zero attached hydrogens (tertiary/aromatic N) is 2. The number of fused-ring (bicyclic) bond motifs is 6. The number of para-hydroxylation sites is 2. The van der Waals surface area contributed by atoms with Crippen molar-refractivity contribution in [3.05, 3.63) is 199 Å². The molecule has 8 aromatic carbocycles. The molecular weight excluding hydrogens is 621 g/mol. The second kappa shape index (κ2) is 12.1. The van der Waals surface area contributed by atoms with Crippen molar-refractivity contribution in [1.29, 1.82) is 0 Å². The molecule has 0 saturated heterocycles. The van der Waals surface area contributed by atoms with Crippen molar-refractivity contribution < 1.29 is 0 Å². The highest BCUT2D eigenvalue weighted by atomic mass is 15.3. The fourth-order valence-electron chi connectivity index (χ4n) is 7.86. The van der Waals surface area contributed by atoms with Gasteiger partial charge in [-0.3, -0.25) is 5.32 Å². The Bertz CT molecular complexity index is 2720. The summed E-state index contributed by atoms with van der Waals surface area (Å²) in [6, 6.07) is 65.1. The molecule has 0 fully saturated rings. The van der Waals surface area contributed by atoms with E-state index in [0.29, 0.717) is 0 Å². The molecule has 0 saturated carbocycles. The Balaban J connectivity index is 1.07. The summed E-state index contributed by atoms with van der Waals surface area (Å²) in [4.78, 5) is 5.29. The van der Waals surface area contributed by atoms with Gasteiger partial charge >= 0.3 is 0 Å². The number of rotatable bonds is 5. The fourth-order valence-corrected chi connectivity index (χ4v) is 7.86. The van der Waals surface area contributed by atoms with Crippen molar-refractivity contribution in [3.63, 3.8) is 0 Å². The van der Waals surface area contributed by atoms with Gasteiger partial charge in [0.1, 0.15) is 18.2 Å². The molecule has 1 aromatic heterocycles. The minimum atomic E-state index is -0.222. The Morgan fingerprint density at radius 3 is 1.80 bits per heavy atom. The maximum atomic E-state index is 5.29. The van der Waals surface area contributed by atoms with E-state index in [1.165, 1.54) is 48.9 Å². The predicted molar refractivity (Wildman–Crippen MR) is 212 cm³/mol. The van der Waals surface area contributed by atoms with E-state index in [0.717, 1.165) is 33.8 Å².